The van der Waals surface area contributed by atoms with Crippen molar-refractivity contribution in [2.24, 2.45) is 0 Å². The maximum Gasteiger partial charge on any atom is 0.122 e. The Morgan fingerprint density at radius 1 is 1.40 bits per heavy atom. The van der Waals surface area contributed by atoms with E-state index in [1.54, 1.807) is 0 Å². The van der Waals surface area contributed by atoms with Crippen molar-refractivity contribution < 1.29 is 6.11 Å². The molecule has 0 spiro atoms. The van der Waals surface area contributed by atoms with Crippen molar-refractivity contribution in [3.63, 3.8) is 0 Å². The second-order valence-electron chi connectivity index (χ2n) is 2.38. The van der Waals surface area contributed by atoms with E-state index < -0.39 is 0 Å². The fourth-order valence-electron chi connectivity index (χ4n) is 1.16. The minimum atomic E-state index is -0.0834. The van der Waals surface area contributed by atoms with Gasteiger partial charge in [0, 0.05) is 1.37 Å². The fourth-order valence-corrected chi connectivity index (χ4v) is 1.16. The van der Waals surface area contributed by atoms with Crippen molar-refractivity contribution in [2.45, 2.75) is 12.8 Å². The quantitative estimate of drug-likeness (QED) is 0.528. The lowest BCUT2D eigenvalue weighted by molar-refractivity contribution is 0.288. The van der Waals surface area contributed by atoms with Crippen LogP contribution in [0.3, 0.4) is 0 Å². The molecule has 1 heteroatoms. The van der Waals surface area contributed by atoms with E-state index in [9.17, 15) is 0 Å². The van der Waals surface area contributed by atoms with Crippen molar-refractivity contribution >= 4 is 0 Å². The van der Waals surface area contributed by atoms with Gasteiger partial charge < -0.3 is 4.74 Å². The lowest BCUT2D eigenvalue weighted by atomic mass is 10.1. The third kappa shape index (κ3) is 0.878. The van der Waals surface area contributed by atoms with Crippen LogP contribution in [-0.2, 0) is 6.40 Å². The highest BCUT2D eigenvalue weighted by molar-refractivity contribution is 5.34. The Labute approximate surface area is 62.0 Å². The van der Waals surface area contributed by atoms with Gasteiger partial charge in [0.05, 0.1) is 6.61 Å². The monoisotopic (exact) mass is 135 g/mol. The first kappa shape index (κ1) is 4.78. The van der Waals surface area contributed by atoms with E-state index in [0.717, 1.165) is 17.7 Å². The van der Waals surface area contributed by atoms with Gasteiger partial charge in [-0.25, -0.2) is 0 Å². The molecule has 0 aliphatic carbocycles. The number of fused-ring (bicyclic) bond motifs is 1. The Bertz CT molecular complexity index is 259. The van der Waals surface area contributed by atoms with Gasteiger partial charge in [-0.2, -0.15) is 0 Å². The number of hydrogen-bond acceptors (Lipinski definition) is 1. The van der Waals surface area contributed by atoms with E-state index in [1.807, 2.05) is 24.3 Å². The number of aryl methyl sites for hydroxylation is 1. The van der Waals surface area contributed by atoms with Crippen molar-refractivity contribution in [1.82, 2.24) is 0 Å². The molecular formula is C9H10O. The first-order valence-electron chi connectivity index (χ1n) is 4.09. The summed E-state index contributed by atoms with van der Waals surface area (Å²) in [5.41, 5.74) is 1.03. The van der Waals surface area contributed by atoms with Crippen LogP contribution in [0.15, 0.2) is 24.3 Å². The van der Waals surface area contributed by atoms with E-state index >= 15 is 0 Å². The summed E-state index contributed by atoms with van der Waals surface area (Å²) in [6.45, 7) is 0.686. The molecular weight excluding hydrogens is 124 g/mol. The summed E-state index contributed by atoms with van der Waals surface area (Å²) < 4.78 is 13.0. The van der Waals surface area contributed by atoms with Crippen molar-refractivity contribution in [3.05, 3.63) is 29.8 Å². The molecule has 0 N–H and O–H groups in total. The largest absolute Gasteiger partial charge is 0.493 e. The topological polar surface area (TPSA) is 9.23 Å². The zero-order valence-electron chi connectivity index (χ0n) is 6.71. The van der Waals surface area contributed by atoms with E-state index in [4.69, 9.17) is 6.11 Å². The molecule has 10 heavy (non-hydrogen) atoms. The molecule has 1 unspecified atom stereocenters. The van der Waals surface area contributed by atoms with E-state index in [0.29, 0.717) is 6.61 Å². The molecule has 1 aromatic rings. The van der Waals surface area contributed by atoms with Gasteiger partial charge in [-0.1, -0.05) is 18.2 Å². The minimum absolute atomic E-state index is 0.0834. The first-order valence-corrected chi connectivity index (χ1v) is 3.52. The average Bonchev–Trinajstić information content (AvgIpc) is 2.06. The minimum Gasteiger partial charge on any atom is -0.493 e. The van der Waals surface area contributed by atoms with Gasteiger partial charge in [-0.3, -0.25) is 0 Å². The molecule has 1 aromatic carbocycles. The van der Waals surface area contributed by atoms with Gasteiger partial charge in [0.25, 0.3) is 0 Å². The number of para-hydroxylation sites is 1. The molecule has 2 rings (SSSR count). The summed E-state index contributed by atoms with van der Waals surface area (Å²) >= 11 is 0. The number of benzene rings is 1. The van der Waals surface area contributed by atoms with Gasteiger partial charge >= 0.3 is 0 Å². The van der Waals surface area contributed by atoms with Crippen LogP contribution in [0.25, 0.3) is 0 Å². The van der Waals surface area contributed by atoms with Gasteiger partial charge in [-0.15, -0.1) is 0 Å². The number of ether oxygens (including phenoxy) is 1. The summed E-state index contributed by atoms with van der Waals surface area (Å²) in [4.78, 5) is 0. The van der Waals surface area contributed by atoms with Gasteiger partial charge in [-0.05, 0) is 24.4 Å². The molecule has 0 radical (unpaired) electrons. The molecule has 0 amide bonds. The smallest absolute Gasteiger partial charge is 0.122 e. The Kier molecular flexibility index (Phi) is 1.11. The average molecular weight is 135 g/mol. The van der Waals surface area contributed by atoms with Crippen molar-refractivity contribution in [2.75, 3.05) is 6.61 Å². The molecule has 0 bridgehead atoms. The second-order valence-corrected chi connectivity index (χ2v) is 2.38. The van der Waals surface area contributed by atoms with Gasteiger partial charge in [0.1, 0.15) is 5.75 Å². The number of rotatable bonds is 0. The SMILES string of the molecule is [2H]C1CCOc2ccccc21. The molecule has 1 atom stereocenters. The maximum atomic E-state index is 7.67. The summed E-state index contributed by atoms with van der Waals surface area (Å²) in [6.07, 6.45) is 0.733. The lowest BCUT2D eigenvalue weighted by Crippen LogP contribution is -2.07. The molecule has 1 aliphatic rings. The van der Waals surface area contributed by atoms with Crippen LogP contribution < -0.4 is 4.74 Å². The zero-order valence-corrected chi connectivity index (χ0v) is 5.71. The second kappa shape index (κ2) is 2.33. The van der Waals surface area contributed by atoms with Crippen LogP contribution in [0.2, 0.25) is 0 Å². The van der Waals surface area contributed by atoms with Crippen molar-refractivity contribution in [1.29, 1.82) is 0 Å². The van der Waals surface area contributed by atoms with E-state index in [1.165, 1.54) is 0 Å². The highest BCUT2D eigenvalue weighted by Gasteiger charge is 2.06. The standard InChI is InChI=1S/C9H10O/c1-2-6-9-8(4-1)5-3-7-10-9/h1-2,4,6H,3,5,7H2/i5D. The highest BCUT2D eigenvalue weighted by atomic mass is 16.5. The summed E-state index contributed by atoms with van der Waals surface area (Å²) in [5.74, 6) is 0.888. The summed E-state index contributed by atoms with van der Waals surface area (Å²) in [5, 5.41) is 0. The fraction of sp³-hybridized carbons (Fsp3) is 0.333. The van der Waals surface area contributed by atoms with Gasteiger partial charge in [0.15, 0.2) is 0 Å². The van der Waals surface area contributed by atoms with E-state index in [2.05, 4.69) is 0 Å². The van der Waals surface area contributed by atoms with Crippen LogP contribution in [0.1, 0.15) is 13.4 Å². The van der Waals surface area contributed by atoms with Crippen LogP contribution in [-0.4, -0.2) is 6.61 Å². The Balaban J connectivity index is 2.44. The third-order valence-corrected chi connectivity index (χ3v) is 1.66. The van der Waals surface area contributed by atoms with Crippen LogP contribution in [0.5, 0.6) is 5.75 Å². The van der Waals surface area contributed by atoms with Crippen LogP contribution in [0, 0.1) is 0 Å². The highest BCUT2D eigenvalue weighted by Crippen LogP contribution is 2.22. The molecule has 1 nitrogen and oxygen atoms in total. The molecule has 0 saturated heterocycles. The first-order chi connectivity index (χ1) is 5.38. The molecule has 0 saturated carbocycles. The molecule has 52 valence electrons. The van der Waals surface area contributed by atoms with Crippen LogP contribution >= 0.6 is 0 Å². The molecule has 0 aromatic heterocycles. The lowest BCUT2D eigenvalue weighted by Gasteiger charge is -2.15. The molecule has 0 fully saturated rings. The summed E-state index contributed by atoms with van der Waals surface area (Å²) in [7, 11) is 0. The predicted octanol–water partition coefficient (Wildman–Crippen LogP) is 2.01. The molecule has 1 aliphatic heterocycles. The number of hydrogen-bond donors (Lipinski definition) is 0. The Hall–Kier alpha value is -0.980. The maximum absolute atomic E-state index is 7.67. The predicted molar refractivity (Wildman–Crippen MR) is 40.3 cm³/mol. The normalized spacial score (nSPS) is 24.4. The van der Waals surface area contributed by atoms with Crippen molar-refractivity contribution in [3.8, 4) is 5.75 Å². The summed E-state index contributed by atoms with van der Waals surface area (Å²) in [6, 6.07) is 7.79. The Morgan fingerprint density at radius 2 is 2.30 bits per heavy atom. The van der Waals surface area contributed by atoms with Gasteiger partial charge in [0.2, 0.25) is 0 Å². The van der Waals surface area contributed by atoms with Crippen LogP contribution in [0.4, 0.5) is 0 Å². The Morgan fingerprint density at radius 3 is 3.20 bits per heavy atom. The zero-order chi connectivity index (χ0) is 7.68. The molecule has 1 heterocycles. The van der Waals surface area contributed by atoms with E-state index in [-0.39, 0.29) is 6.40 Å². The third-order valence-electron chi connectivity index (χ3n) is 1.66.